The third-order valence-corrected chi connectivity index (χ3v) is 0.572. The average molecular weight is 145 g/mol. The molecule has 0 aliphatic carbocycles. The van der Waals surface area contributed by atoms with Gasteiger partial charge in [0.1, 0.15) is 0 Å². The molecule has 0 heterocycles. The molecule has 0 saturated carbocycles. The van der Waals surface area contributed by atoms with E-state index < -0.39 is 18.4 Å². The lowest BCUT2D eigenvalue weighted by Crippen LogP contribution is -2.19. The lowest BCUT2D eigenvalue weighted by Gasteiger charge is -2.05. The molecule has 0 fully saturated rings. The molecule has 0 amide bonds. The Bertz CT molecular complexity index is 116. The Balaban J connectivity index is 4.14. The summed E-state index contributed by atoms with van der Waals surface area (Å²) in [4.78, 5) is 0. The fraction of sp³-hybridized carbons (Fsp3) is 0.500. The summed E-state index contributed by atoms with van der Waals surface area (Å²) in [6.45, 7) is -2.25. The van der Waals surface area contributed by atoms with Crippen LogP contribution >= 0.6 is 0 Å². The van der Waals surface area contributed by atoms with Crippen molar-refractivity contribution in [1.82, 2.24) is 0 Å². The molecule has 9 heavy (non-hydrogen) atoms. The number of hydrogen-bond donors (Lipinski definition) is 0. The Labute approximate surface area is 48.0 Å². The summed E-state index contributed by atoms with van der Waals surface area (Å²) >= 11 is 0. The highest BCUT2D eigenvalue weighted by molar-refractivity contribution is 4.96. The van der Waals surface area contributed by atoms with Gasteiger partial charge in [-0.05, 0) is 0 Å². The van der Waals surface area contributed by atoms with E-state index in [9.17, 15) is 22.0 Å². The molecule has 0 aliphatic rings. The molecule has 0 atom stereocenters. The van der Waals surface area contributed by atoms with E-state index in [0.717, 1.165) is 0 Å². The molecule has 5 heteroatoms. The van der Waals surface area contributed by atoms with E-state index >= 15 is 0 Å². The van der Waals surface area contributed by atoms with E-state index in [1.54, 1.807) is 0 Å². The molecule has 0 aromatic heterocycles. The Morgan fingerprint density at radius 1 is 1.44 bits per heavy atom. The normalized spacial score (nSPS) is 14.1. The van der Waals surface area contributed by atoms with Crippen molar-refractivity contribution in [3.05, 3.63) is 12.2 Å². The Morgan fingerprint density at radius 2 is 1.89 bits per heavy atom. The first-order valence-corrected chi connectivity index (χ1v) is 1.88. The van der Waals surface area contributed by atoms with Crippen LogP contribution in [0.4, 0.5) is 22.0 Å². The van der Waals surface area contributed by atoms with Crippen molar-refractivity contribution in [1.29, 1.82) is 0 Å². The largest absolute Gasteiger partial charge is 0.329 e. The van der Waals surface area contributed by atoms with Gasteiger partial charge in [0.25, 0.3) is 0 Å². The fourth-order valence-corrected chi connectivity index (χ4v) is 0.128. The van der Waals surface area contributed by atoms with Gasteiger partial charge in [-0.2, -0.15) is 8.78 Å². The van der Waals surface area contributed by atoms with Crippen LogP contribution < -0.4 is 0 Å². The summed E-state index contributed by atoms with van der Waals surface area (Å²) in [5, 5.41) is 0. The number of halogens is 5. The molecule has 0 N–H and O–H groups in total. The Kier molecular flexibility index (Phi) is 2.61. The molecule has 53 valence electrons. The Morgan fingerprint density at radius 3 is 2.00 bits per heavy atom. The lowest BCUT2D eigenvalue weighted by atomic mass is 10.3. The number of allylic oxidation sites excluding steroid dienone is 1. The smallest absolute Gasteiger partial charge is 0.244 e. The summed E-state index contributed by atoms with van der Waals surface area (Å²) in [5.74, 6) is -6.86. The molecule has 0 spiro atoms. The van der Waals surface area contributed by atoms with Crippen LogP contribution in [0, 0.1) is 6.33 Å². The highest BCUT2D eigenvalue weighted by Crippen LogP contribution is 2.24. The third-order valence-electron chi connectivity index (χ3n) is 0.572. The topological polar surface area (TPSA) is 0 Å². The quantitative estimate of drug-likeness (QED) is 0.522. The second kappa shape index (κ2) is 2.80. The SMILES string of the molecule is F/[C]=C(/F)C(F)(F)CF. The van der Waals surface area contributed by atoms with Crippen molar-refractivity contribution in [3.8, 4) is 0 Å². The van der Waals surface area contributed by atoms with Crippen molar-refractivity contribution in [2.45, 2.75) is 5.92 Å². The second-order valence-corrected chi connectivity index (χ2v) is 1.25. The van der Waals surface area contributed by atoms with E-state index in [4.69, 9.17) is 0 Å². The number of rotatable bonds is 2. The molecule has 0 aliphatic heterocycles. The van der Waals surface area contributed by atoms with Gasteiger partial charge in [0.15, 0.2) is 13.0 Å². The molecule has 0 rings (SSSR count). The van der Waals surface area contributed by atoms with Crippen molar-refractivity contribution < 1.29 is 22.0 Å². The molecular formula is C4H2F5. The summed E-state index contributed by atoms with van der Waals surface area (Å²) in [5.41, 5.74) is 0. The summed E-state index contributed by atoms with van der Waals surface area (Å²) in [6.07, 6.45) is 0.0161. The van der Waals surface area contributed by atoms with Gasteiger partial charge in [0, 0.05) is 0 Å². The molecule has 1 radical (unpaired) electrons. The van der Waals surface area contributed by atoms with Crippen molar-refractivity contribution >= 4 is 0 Å². The van der Waals surface area contributed by atoms with Crippen LogP contribution in [0.3, 0.4) is 0 Å². The summed E-state index contributed by atoms with van der Waals surface area (Å²) in [7, 11) is 0. The first-order chi connectivity index (χ1) is 4.04. The van der Waals surface area contributed by atoms with E-state index in [0.29, 0.717) is 0 Å². The minimum Gasteiger partial charge on any atom is -0.244 e. The molecule has 0 bridgehead atoms. The van der Waals surface area contributed by atoms with Gasteiger partial charge in [0.2, 0.25) is 5.83 Å². The maximum Gasteiger partial charge on any atom is 0.329 e. The number of hydrogen-bond acceptors (Lipinski definition) is 0. The second-order valence-electron chi connectivity index (χ2n) is 1.25. The zero-order valence-electron chi connectivity index (χ0n) is 4.10. The zero-order chi connectivity index (χ0) is 7.49. The maximum absolute atomic E-state index is 11.5. The van der Waals surface area contributed by atoms with Gasteiger partial charge < -0.3 is 0 Å². The standard InChI is InChI=1S/C4H2F5/c5-1-3(7)4(8,9)2-6/h2H2. The van der Waals surface area contributed by atoms with Gasteiger partial charge >= 0.3 is 5.92 Å². The Hall–Kier alpha value is -0.610. The predicted octanol–water partition coefficient (Wildman–Crippen LogP) is 2.17. The van der Waals surface area contributed by atoms with E-state index in [-0.39, 0.29) is 6.33 Å². The maximum atomic E-state index is 11.5. The molecule has 0 nitrogen and oxygen atoms in total. The van der Waals surface area contributed by atoms with Gasteiger partial charge in [-0.15, -0.1) is 0 Å². The van der Waals surface area contributed by atoms with Crippen LogP contribution in [0.15, 0.2) is 5.83 Å². The lowest BCUT2D eigenvalue weighted by molar-refractivity contribution is -0.00802. The van der Waals surface area contributed by atoms with E-state index in [2.05, 4.69) is 0 Å². The zero-order valence-corrected chi connectivity index (χ0v) is 4.10. The van der Waals surface area contributed by atoms with Crippen LogP contribution in [0.1, 0.15) is 0 Å². The highest BCUT2D eigenvalue weighted by Gasteiger charge is 2.35. The van der Waals surface area contributed by atoms with Crippen LogP contribution in [0.25, 0.3) is 0 Å². The first kappa shape index (κ1) is 8.39. The molecule has 0 aromatic carbocycles. The summed E-state index contributed by atoms with van der Waals surface area (Å²) < 4.78 is 56.0. The van der Waals surface area contributed by atoms with Crippen molar-refractivity contribution in [2.75, 3.05) is 6.67 Å². The van der Waals surface area contributed by atoms with Gasteiger partial charge in [0.05, 0.1) is 0 Å². The summed E-state index contributed by atoms with van der Waals surface area (Å²) in [6, 6.07) is 0. The van der Waals surface area contributed by atoms with Crippen molar-refractivity contribution in [3.63, 3.8) is 0 Å². The third kappa shape index (κ3) is 1.99. The average Bonchev–Trinajstić information content (AvgIpc) is 1.86. The molecular weight excluding hydrogens is 143 g/mol. The van der Waals surface area contributed by atoms with E-state index in [1.807, 2.05) is 0 Å². The van der Waals surface area contributed by atoms with Crippen LogP contribution in [-0.4, -0.2) is 12.6 Å². The van der Waals surface area contributed by atoms with Crippen LogP contribution in [0.2, 0.25) is 0 Å². The molecule has 0 saturated heterocycles. The minimum absolute atomic E-state index is 0.0161. The van der Waals surface area contributed by atoms with Crippen LogP contribution in [0.5, 0.6) is 0 Å². The molecule has 0 aromatic rings. The number of alkyl halides is 3. The first-order valence-electron chi connectivity index (χ1n) is 1.88. The van der Waals surface area contributed by atoms with Gasteiger partial charge in [-0.3, -0.25) is 0 Å². The van der Waals surface area contributed by atoms with Crippen LogP contribution in [-0.2, 0) is 0 Å². The molecule has 0 unspecified atom stereocenters. The van der Waals surface area contributed by atoms with Gasteiger partial charge in [-0.25, -0.2) is 13.2 Å². The monoisotopic (exact) mass is 145 g/mol. The predicted molar refractivity (Wildman–Crippen MR) is 19.9 cm³/mol. The fourth-order valence-electron chi connectivity index (χ4n) is 0.128. The van der Waals surface area contributed by atoms with Gasteiger partial charge in [-0.1, -0.05) is 0 Å². The van der Waals surface area contributed by atoms with Crippen molar-refractivity contribution in [2.24, 2.45) is 0 Å². The minimum atomic E-state index is -4.35. The highest BCUT2D eigenvalue weighted by atomic mass is 19.3. The van der Waals surface area contributed by atoms with E-state index in [1.165, 1.54) is 0 Å².